The number of ether oxygens (including phenoxy) is 3. The summed E-state index contributed by atoms with van der Waals surface area (Å²) < 4.78 is 15.9. The Morgan fingerprint density at radius 1 is 1.09 bits per heavy atom. The highest BCUT2D eigenvalue weighted by molar-refractivity contribution is 8.03. The molecule has 0 spiro atoms. The van der Waals surface area contributed by atoms with Gasteiger partial charge in [-0.1, -0.05) is 30.4 Å². The van der Waals surface area contributed by atoms with Gasteiger partial charge >= 0.3 is 11.9 Å². The van der Waals surface area contributed by atoms with E-state index in [1.165, 1.54) is 25.6 Å². The SMILES string of the molecule is CSC1=CC(O)(CCCCOc2ccccc2)C(=C/C=C/C(CCCOC(C)=O)OC(C)=O)C1=O. The predicted molar refractivity (Wildman–Crippen MR) is 136 cm³/mol. The number of thioether (sulfide) groups is 1. The number of hydrogen-bond donors (Lipinski definition) is 1. The van der Waals surface area contributed by atoms with Crippen LogP contribution < -0.4 is 4.74 Å². The summed E-state index contributed by atoms with van der Waals surface area (Å²) in [4.78, 5) is 35.7. The third-order valence-corrected chi connectivity index (χ3v) is 6.08. The Morgan fingerprint density at radius 3 is 2.49 bits per heavy atom. The Morgan fingerprint density at radius 2 is 1.83 bits per heavy atom. The van der Waals surface area contributed by atoms with Crippen LogP contribution in [0.15, 0.2) is 65.1 Å². The van der Waals surface area contributed by atoms with Gasteiger partial charge in [0.05, 0.1) is 18.1 Å². The second kappa shape index (κ2) is 14.5. The maximum absolute atomic E-state index is 12.8. The van der Waals surface area contributed by atoms with Crippen molar-refractivity contribution in [3.05, 3.63) is 65.1 Å². The van der Waals surface area contributed by atoms with Crippen LogP contribution in [0.1, 0.15) is 46.0 Å². The van der Waals surface area contributed by atoms with Gasteiger partial charge in [0.2, 0.25) is 0 Å². The number of para-hydroxylation sites is 1. The van der Waals surface area contributed by atoms with Crippen LogP contribution in [0, 0.1) is 0 Å². The molecular weight excluding hydrogens is 468 g/mol. The molecule has 1 aliphatic rings. The molecule has 1 aromatic carbocycles. The minimum atomic E-state index is -1.36. The molecular formula is C27H34O7S. The molecule has 35 heavy (non-hydrogen) atoms. The largest absolute Gasteiger partial charge is 0.494 e. The van der Waals surface area contributed by atoms with Crippen LogP contribution in [0.25, 0.3) is 0 Å². The Kier molecular flexibility index (Phi) is 11.8. The van der Waals surface area contributed by atoms with Crippen molar-refractivity contribution < 1.29 is 33.7 Å². The molecule has 1 N–H and O–H groups in total. The molecule has 0 aromatic heterocycles. The molecule has 0 saturated carbocycles. The highest BCUT2D eigenvalue weighted by atomic mass is 32.2. The summed E-state index contributed by atoms with van der Waals surface area (Å²) in [5, 5.41) is 11.3. The van der Waals surface area contributed by atoms with Gasteiger partial charge in [-0.05, 0) is 62.6 Å². The lowest BCUT2D eigenvalue weighted by atomic mass is 9.90. The van der Waals surface area contributed by atoms with Gasteiger partial charge < -0.3 is 19.3 Å². The van der Waals surface area contributed by atoms with Gasteiger partial charge in [0.25, 0.3) is 0 Å². The van der Waals surface area contributed by atoms with Crippen molar-refractivity contribution in [2.75, 3.05) is 19.5 Å². The fraction of sp³-hybridized carbons (Fsp3) is 0.444. The van der Waals surface area contributed by atoms with Crippen molar-refractivity contribution in [1.82, 2.24) is 0 Å². The number of carbonyl (C=O) groups is 3. The first-order valence-electron chi connectivity index (χ1n) is 11.7. The highest BCUT2D eigenvalue weighted by Crippen LogP contribution is 2.38. The number of benzene rings is 1. The van der Waals surface area contributed by atoms with Crippen LogP contribution in [0.4, 0.5) is 0 Å². The summed E-state index contributed by atoms with van der Waals surface area (Å²) >= 11 is 1.30. The predicted octanol–water partition coefficient (Wildman–Crippen LogP) is 4.55. The van der Waals surface area contributed by atoms with Crippen molar-refractivity contribution in [1.29, 1.82) is 0 Å². The zero-order valence-corrected chi connectivity index (χ0v) is 21.3. The van der Waals surface area contributed by atoms with E-state index in [1.807, 2.05) is 30.3 Å². The van der Waals surface area contributed by atoms with Gasteiger partial charge in [-0.25, -0.2) is 0 Å². The minimum Gasteiger partial charge on any atom is -0.494 e. The standard InChI is InChI=1S/C27H34O7S/c1-20(28)32-18-10-14-23(34-21(2)29)13-9-15-24-26(30)25(35-3)19-27(24,31)16-7-8-17-33-22-11-5-4-6-12-22/h4-6,9,11-13,15,19,23,31H,7-8,10,14,16-18H2,1-3H3/b13-9+,24-15?. The molecule has 2 atom stereocenters. The van der Waals surface area contributed by atoms with Crippen molar-refractivity contribution in [3.63, 3.8) is 0 Å². The van der Waals surface area contributed by atoms with E-state index in [9.17, 15) is 19.5 Å². The lowest BCUT2D eigenvalue weighted by Gasteiger charge is -2.22. The number of allylic oxidation sites excluding steroid dienone is 3. The van der Waals surface area contributed by atoms with E-state index in [-0.39, 0.29) is 18.4 Å². The minimum absolute atomic E-state index is 0.205. The van der Waals surface area contributed by atoms with Gasteiger partial charge in [-0.15, -0.1) is 11.8 Å². The van der Waals surface area contributed by atoms with E-state index in [0.29, 0.717) is 42.8 Å². The molecule has 0 saturated heterocycles. The molecule has 0 fully saturated rings. The van der Waals surface area contributed by atoms with Gasteiger partial charge in [-0.2, -0.15) is 0 Å². The molecule has 2 unspecified atom stereocenters. The molecule has 0 radical (unpaired) electrons. The van der Waals surface area contributed by atoms with Crippen molar-refractivity contribution in [2.24, 2.45) is 0 Å². The summed E-state index contributed by atoms with van der Waals surface area (Å²) in [6.07, 6.45) is 10.5. The van der Waals surface area contributed by atoms with Gasteiger partial charge in [0.1, 0.15) is 17.5 Å². The fourth-order valence-corrected chi connectivity index (χ4v) is 4.26. The number of Topliss-reactive ketones (excluding diaryl/α,β-unsaturated/α-hetero) is 1. The molecule has 0 bridgehead atoms. The molecule has 0 aliphatic heterocycles. The van der Waals surface area contributed by atoms with E-state index >= 15 is 0 Å². The Balaban J connectivity index is 1.99. The highest BCUT2D eigenvalue weighted by Gasteiger charge is 2.40. The quantitative estimate of drug-likeness (QED) is 0.225. The Hall–Kier alpha value is -2.84. The first kappa shape index (κ1) is 28.4. The van der Waals surface area contributed by atoms with Gasteiger partial charge in [0, 0.05) is 19.4 Å². The first-order chi connectivity index (χ1) is 16.7. The molecule has 0 amide bonds. The second-order valence-corrected chi connectivity index (χ2v) is 9.03. The van der Waals surface area contributed by atoms with Crippen LogP contribution in [0.5, 0.6) is 5.75 Å². The van der Waals surface area contributed by atoms with E-state index in [0.717, 1.165) is 12.2 Å². The van der Waals surface area contributed by atoms with Crippen LogP contribution in [-0.2, 0) is 23.9 Å². The zero-order valence-electron chi connectivity index (χ0n) is 20.5. The van der Waals surface area contributed by atoms with E-state index in [2.05, 4.69) is 0 Å². The number of ketones is 1. The number of unbranched alkanes of at least 4 members (excludes halogenated alkanes) is 1. The monoisotopic (exact) mass is 502 g/mol. The third-order valence-electron chi connectivity index (χ3n) is 5.33. The number of carbonyl (C=O) groups excluding carboxylic acids is 3. The Bertz CT molecular complexity index is 952. The summed E-state index contributed by atoms with van der Waals surface area (Å²) in [5.74, 6) is -0.203. The first-order valence-corrected chi connectivity index (χ1v) is 12.9. The van der Waals surface area contributed by atoms with Crippen LogP contribution in [0.2, 0.25) is 0 Å². The average Bonchev–Trinajstić information content (AvgIpc) is 3.06. The smallest absolute Gasteiger partial charge is 0.303 e. The Labute approximate surface area is 211 Å². The molecule has 190 valence electrons. The maximum atomic E-state index is 12.8. The van der Waals surface area contributed by atoms with Crippen molar-refractivity contribution in [3.8, 4) is 5.75 Å². The lowest BCUT2D eigenvalue weighted by molar-refractivity contribution is -0.146. The third kappa shape index (κ3) is 9.74. The van der Waals surface area contributed by atoms with E-state index < -0.39 is 17.7 Å². The zero-order chi connectivity index (χ0) is 25.7. The van der Waals surface area contributed by atoms with Crippen molar-refractivity contribution in [2.45, 2.75) is 57.7 Å². The fourth-order valence-electron chi connectivity index (χ4n) is 3.65. The maximum Gasteiger partial charge on any atom is 0.303 e. The normalized spacial score (nSPS) is 19.6. The summed E-state index contributed by atoms with van der Waals surface area (Å²) in [7, 11) is 0. The molecule has 2 rings (SSSR count). The van der Waals surface area contributed by atoms with Gasteiger partial charge in [0.15, 0.2) is 5.78 Å². The number of rotatable bonds is 14. The van der Waals surface area contributed by atoms with Crippen LogP contribution in [-0.4, -0.2) is 54.0 Å². The van der Waals surface area contributed by atoms with Crippen molar-refractivity contribution >= 4 is 29.5 Å². The average molecular weight is 503 g/mol. The number of hydrogen-bond acceptors (Lipinski definition) is 8. The van der Waals surface area contributed by atoms with Gasteiger partial charge in [-0.3, -0.25) is 14.4 Å². The molecule has 0 heterocycles. The molecule has 8 heteroatoms. The number of esters is 2. The molecule has 1 aliphatic carbocycles. The van der Waals surface area contributed by atoms with Crippen LogP contribution >= 0.6 is 11.8 Å². The number of aliphatic hydroxyl groups is 1. The lowest BCUT2D eigenvalue weighted by Crippen LogP contribution is -2.28. The molecule has 7 nitrogen and oxygen atoms in total. The van der Waals surface area contributed by atoms with Crippen LogP contribution in [0.3, 0.4) is 0 Å². The summed E-state index contributed by atoms with van der Waals surface area (Å²) in [6.45, 7) is 3.40. The molecule has 1 aromatic rings. The summed E-state index contributed by atoms with van der Waals surface area (Å²) in [6, 6.07) is 9.53. The van der Waals surface area contributed by atoms with E-state index in [4.69, 9.17) is 14.2 Å². The topological polar surface area (TPSA) is 99.1 Å². The summed E-state index contributed by atoms with van der Waals surface area (Å²) in [5.41, 5.74) is -1.07. The van der Waals surface area contributed by atoms with E-state index in [1.54, 1.807) is 30.6 Å². The second-order valence-electron chi connectivity index (χ2n) is 8.18.